The van der Waals surface area contributed by atoms with Crippen LogP contribution >= 0.6 is 35.7 Å². The van der Waals surface area contributed by atoms with Gasteiger partial charge in [0.1, 0.15) is 15.1 Å². The molecule has 2 aromatic carbocycles. The van der Waals surface area contributed by atoms with Gasteiger partial charge in [0, 0.05) is 15.8 Å². The van der Waals surface area contributed by atoms with Crippen molar-refractivity contribution in [3.05, 3.63) is 65.1 Å². The number of fused-ring (bicyclic) bond motifs is 1. The fourth-order valence-corrected chi connectivity index (χ4v) is 4.69. The first-order chi connectivity index (χ1) is 13.6. The van der Waals surface area contributed by atoms with E-state index in [2.05, 4.69) is 5.32 Å². The summed E-state index contributed by atoms with van der Waals surface area (Å²) in [5.74, 6) is 0.627. The van der Waals surface area contributed by atoms with E-state index in [9.17, 15) is 4.79 Å². The van der Waals surface area contributed by atoms with Gasteiger partial charge >= 0.3 is 0 Å². The molecule has 7 heteroatoms. The molecular weight excluding hydrogens is 408 g/mol. The topological polar surface area (TPSA) is 51.2 Å². The van der Waals surface area contributed by atoms with Crippen LogP contribution in [0.4, 0.5) is 0 Å². The summed E-state index contributed by atoms with van der Waals surface area (Å²) < 4.78 is 6.08. The molecule has 0 radical (unpaired) electrons. The van der Waals surface area contributed by atoms with Crippen molar-refractivity contribution in [2.24, 2.45) is 0 Å². The third-order valence-corrected chi connectivity index (χ3v) is 6.17. The highest BCUT2D eigenvalue weighted by molar-refractivity contribution is 8.26. The lowest BCUT2D eigenvalue weighted by Crippen LogP contribution is -2.17. The largest absolute Gasteiger partial charge is 0.494 e. The molecule has 0 spiro atoms. The number of carbonyl (C=O) groups excluding carboxylic acids is 1. The van der Waals surface area contributed by atoms with Gasteiger partial charge in [-0.25, -0.2) is 4.98 Å². The van der Waals surface area contributed by atoms with E-state index >= 15 is 0 Å². The zero-order chi connectivity index (χ0) is 19.5. The molecule has 0 aliphatic carbocycles. The van der Waals surface area contributed by atoms with Crippen molar-refractivity contribution >= 4 is 62.9 Å². The molecule has 4 rings (SSSR count). The van der Waals surface area contributed by atoms with Crippen LogP contribution in [0.2, 0.25) is 0 Å². The van der Waals surface area contributed by atoms with Crippen LogP contribution in [-0.4, -0.2) is 21.8 Å². The van der Waals surface area contributed by atoms with Crippen LogP contribution in [-0.2, 0) is 4.79 Å². The lowest BCUT2D eigenvalue weighted by atomic mass is 10.1. The molecule has 1 fully saturated rings. The highest BCUT2D eigenvalue weighted by Gasteiger charge is 2.23. The molecule has 0 saturated carbocycles. The third kappa shape index (κ3) is 4.22. The zero-order valence-corrected chi connectivity index (χ0v) is 17.4. The molecule has 1 aromatic heterocycles. The number of thioether (sulfide) groups is 1. The summed E-state index contributed by atoms with van der Waals surface area (Å²) in [4.78, 5) is 18.6. The van der Waals surface area contributed by atoms with Crippen molar-refractivity contribution in [1.82, 2.24) is 10.3 Å². The molecule has 0 unspecified atom stereocenters. The van der Waals surface area contributed by atoms with Gasteiger partial charge in [0.05, 0.1) is 17.0 Å². The standard InChI is InChI=1S/C21H16N2O2S3/c1-2-25-15-8-9-17-13(11-15)10-14(12-18-19(24)23-21(26)28-18)20(22-17)27-16-6-4-3-5-7-16/h3-12H,2H2,1H3,(H,23,24,26). The number of hydrogen-bond donors (Lipinski definition) is 1. The molecule has 1 N–H and O–H groups in total. The minimum absolute atomic E-state index is 0.172. The molecule has 3 aromatic rings. The number of ether oxygens (including phenoxy) is 1. The second-order valence-electron chi connectivity index (χ2n) is 5.94. The first-order valence-corrected chi connectivity index (χ1v) is 10.7. The first kappa shape index (κ1) is 19.0. The van der Waals surface area contributed by atoms with Crippen LogP contribution in [0, 0.1) is 0 Å². The number of hydrogen-bond acceptors (Lipinski definition) is 6. The highest BCUT2D eigenvalue weighted by Crippen LogP contribution is 2.35. The number of pyridine rings is 1. The average molecular weight is 425 g/mol. The number of amides is 1. The van der Waals surface area contributed by atoms with Gasteiger partial charge in [0.15, 0.2) is 0 Å². The molecule has 1 saturated heterocycles. The number of nitrogens with one attached hydrogen (secondary N) is 1. The molecular formula is C21H16N2O2S3. The fraction of sp³-hybridized carbons (Fsp3) is 0.0952. The molecule has 1 aliphatic rings. The summed E-state index contributed by atoms with van der Waals surface area (Å²) in [6.45, 7) is 2.56. The third-order valence-electron chi connectivity index (χ3n) is 3.98. The number of aromatic nitrogens is 1. The Morgan fingerprint density at radius 3 is 2.75 bits per heavy atom. The Morgan fingerprint density at radius 1 is 1.21 bits per heavy atom. The Bertz CT molecular complexity index is 1100. The summed E-state index contributed by atoms with van der Waals surface area (Å²) in [5.41, 5.74) is 1.75. The van der Waals surface area contributed by atoms with Gasteiger partial charge in [-0.05, 0) is 49.4 Å². The van der Waals surface area contributed by atoms with Crippen LogP contribution in [0.25, 0.3) is 17.0 Å². The molecule has 140 valence electrons. The maximum atomic E-state index is 12.1. The minimum atomic E-state index is -0.172. The fourth-order valence-electron chi connectivity index (χ4n) is 2.76. The number of nitrogens with zero attached hydrogens (tertiary/aromatic N) is 1. The monoisotopic (exact) mass is 424 g/mol. The van der Waals surface area contributed by atoms with E-state index in [1.165, 1.54) is 11.8 Å². The number of carbonyl (C=O) groups is 1. The van der Waals surface area contributed by atoms with Gasteiger partial charge in [-0.15, -0.1) is 0 Å². The van der Waals surface area contributed by atoms with E-state index in [1.807, 2.05) is 67.6 Å². The van der Waals surface area contributed by atoms with Crippen molar-refractivity contribution in [2.45, 2.75) is 16.8 Å². The van der Waals surface area contributed by atoms with Gasteiger partial charge in [-0.3, -0.25) is 4.79 Å². The molecule has 28 heavy (non-hydrogen) atoms. The number of benzene rings is 2. The molecule has 2 heterocycles. The van der Waals surface area contributed by atoms with Crippen LogP contribution in [0.15, 0.2) is 69.4 Å². The normalized spacial score (nSPS) is 15.2. The predicted octanol–water partition coefficient (Wildman–Crippen LogP) is 5.27. The maximum Gasteiger partial charge on any atom is 0.263 e. The first-order valence-electron chi connectivity index (χ1n) is 8.68. The van der Waals surface area contributed by atoms with Crippen LogP contribution < -0.4 is 10.1 Å². The van der Waals surface area contributed by atoms with Crippen LogP contribution in [0.1, 0.15) is 12.5 Å². The SMILES string of the molecule is CCOc1ccc2nc(Sc3ccccc3)c(C=C3SC(=S)NC3=O)cc2c1. The van der Waals surface area contributed by atoms with E-state index < -0.39 is 0 Å². The van der Waals surface area contributed by atoms with Gasteiger partial charge < -0.3 is 10.1 Å². The second-order valence-corrected chi connectivity index (χ2v) is 8.72. The minimum Gasteiger partial charge on any atom is -0.494 e. The van der Waals surface area contributed by atoms with E-state index in [0.29, 0.717) is 15.8 Å². The summed E-state index contributed by atoms with van der Waals surface area (Å²) in [6, 6.07) is 17.9. The van der Waals surface area contributed by atoms with Gasteiger partial charge in [-0.1, -0.05) is 53.9 Å². The van der Waals surface area contributed by atoms with Crippen molar-refractivity contribution in [3.63, 3.8) is 0 Å². The number of thiocarbonyl (C=S) groups is 1. The Labute approximate surface area is 176 Å². The molecule has 4 nitrogen and oxygen atoms in total. The van der Waals surface area contributed by atoms with Crippen molar-refractivity contribution in [2.75, 3.05) is 6.61 Å². The van der Waals surface area contributed by atoms with Crippen LogP contribution in [0.5, 0.6) is 5.75 Å². The number of rotatable bonds is 5. The summed E-state index contributed by atoms with van der Waals surface area (Å²) in [6.07, 6.45) is 1.85. The lowest BCUT2D eigenvalue weighted by Gasteiger charge is -2.10. The zero-order valence-electron chi connectivity index (χ0n) is 15.0. The van der Waals surface area contributed by atoms with E-state index in [-0.39, 0.29) is 5.91 Å². The summed E-state index contributed by atoms with van der Waals surface area (Å²) >= 11 is 7.94. The smallest absolute Gasteiger partial charge is 0.263 e. The maximum absolute atomic E-state index is 12.1. The van der Waals surface area contributed by atoms with Crippen LogP contribution in [0.3, 0.4) is 0 Å². The summed E-state index contributed by atoms with van der Waals surface area (Å²) in [5, 5.41) is 4.45. The van der Waals surface area contributed by atoms with Crippen molar-refractivity contribution < 1.29 is 9.53 Å². The van der Waals surface area contributed by atoms with Gasteiger partial charge in [0.2, 0.25) is 0 Å². The van der Waals surface area contributed by atoms with E-state index in [4.69, 9.17) is 21.9 Å². The van der Waals surface area contributed by atoms with E-state index in [0.717, 1.165) is 32.1 Å². The van der Waals surface area contributed by atoms with Gasteiger partial charge in [0.25, 0.3) is 5.91 Å². The quantitative estimate of drug-likeness (QED) is 0.445. The Hall–Kier alpha value is -2.35. The molecule has 1 aliphatic heterocycles. The summed E-state index contributed by atoms with van der Waals surface area (Å²) in [7, 11) is 0. The molecule has 0 atom stereocenters. The van der Waals surface area contributed by atoms with Gasteiger partial charge in [-0.2, -0.15) is 0 Å². The predicted molar refractivity (Wildman–Crippen MR) is 120 cm³/mol. The highest BCUT2D eigenvalue weighted by atomic mass is 32.2. The van der Waals surface area contributed by atoms with Crippen molar-refractivity contribution in [3.8, 4) is 5.75 Å². The average Bonchev–Trinajstić information content (AvgIpc) is 3.00. The molecule has 1 amide bonds. The molecule has 0 bridgehead atoms. The van der Waals surface area contributed by atoms with Crippen molar-refractivity contribution in [1.29, 1.82) is 0 Å². The second kappa shape index (κ2) is 8.34. The Balaban J connectivity index is 1.82. The van der Waals surface area contributed by atoms with E-state index in [1.54, 1.807) is 11.8 Å². The Morgan fingerprint density at radius 2 is 2.04 bits per heavy atom. The lowest BCUT2D eigenvalue weighted by molar-refractivity contribution is -0.115. The Kier molecular flexibility index (Phi) is 5.66.